The Morgan fingerprint density at radius 3 is 2.58 bits per heavy atom. The number of amides is 1. The van der Waals surface area contributed by atoms with Crippen molar-refractivity contribution in [3.05, 3.63) is 92.2 Å². The van der Waals surface area contributed by atoms with E-state index >= 15 is 0 Å². The number of fused-ring (bicyclic) bond motifs is 2. The lowest BCUT2D eigenvalue weighted by molar-refractivity contribution is -0.116. The number of para-hydroxylation sites is 1. The van der Waals surface area contributed by atoms with Crippen LogP contribution in [-0.2, 0) is 17.6 Å². The number of benzene rings is 3. The minimum Gasteiger partial charge on any atom is -0.326 e. The summed E-state index contributed by atoms with van der Waals surface area (Å²) in [6.45, 7) is 0. The number of anilines is 1. The van der Waals surface area contributed by atoms with Crippen LogP contribution >= 0.6 is 35.0 Å². The molecular weight excluding hydrogens is 513 g/mol. The lowest BCUT2D eigenvalue weighted by Crippen LogP contribution is -2.22. The number of nitrogens with one attached hydrogen (secondary N) is 1. The van der Waals surface area contributed by atoms with Crippen molar-refractivity contribution in [2.45, 2.75) is 43.7 Å². The molecule has 5 rings (SSSR count). The molecule has 1 aliphatic carbocycles. The summed E-state index contributed by atoms with van der Waals surface area (Å²) in [7, 11) is 0. The van der Waals surface area contributed by atoms with Crippen LogP contribution < -0.4 is 10.9 Å². The van der Waals surface area contributed by atoms with Crippen molar-refractivity contribution in [1.82, 2.24) is 9.55 Å². The van der Waals surface area contributed by atoms with E-state index in [1.165, 1.54) is 29.3 Å². The molecule has 0 unspecified atom stereocenters. The van der Waals surface area contributed by atoms with Gasteiger partial charge in [0.25, 0.3) is 5.56 Å². The summed E-state index contributed by atoms with van der Waals surface area (Å²) in [5, 5.41) is 5.01. The number of carbonyl (C=O) groups excluding carboxylic acids is 1. The second kappa shape index (κ2) is 11.1. The highest BCUT2D eigenvalue weighted by atomic mass is 35.5. The van der Waals surface area contributed by atoms with Crippen LogP contribution in [0, 0.1) is 0 Å². The summed E-state index contributed by atoms with van der Waals surface area (Å²) in [5.41, 5.74) is 4.66. The van der Waals surface area contributed by atoms with Gasteiger partial charge in [-0.25, -0.2) is 4.98 Å². The van der Waals surface area contributed by atoms with E-state index in [0.29, 0.717) is 44.0 Å². The summed E-state index contributed by atoms with van der Waals surface area (Å²) >= 11 is 13.9. The van der Waals surface area contributed by atoms with E-state index < -0.39 is 0 Å². The normalized spacial score (nSPS) is 12.6. The molecule has 1 aliphatic rings. The number of aromatic nitrogens is 2. The first-order valence-electron chi connectivity index (χ1n) is 12.0. The van der Waals surface area contributed by atoms with Gasteiger partial charge in [-0.3, -0.25) is 14.2 Å². The average molecular weight is 539 g/mol. The molecule has 1 amide bonds. The molecule has 5 nitrogen and oxygen atoms in total. The largest absolute Gasteiger partial charge is 0.326 e. The van der Waals surface area contributed by atoms with Crippen LogP contribution in [0.25, 0.3) is 16.6 Å². The van der Waals surface area contributed by atoms with Crippen molar-refractivity contribution < 1.29 is 4.79 Å². The predicted molar refractivity (Wildman–Crippen MR) is 149 cm³/mol. The van der Waals surface area contributed by atoms with Gasteiger partial charge in [-0.15, -0.1) is 0 Å². The fourth-order valence-corrected chi connectivity index (χ4v) is 6.06. The highest BCUT2D eigenvalue weighted by Gasteiger charge is 2.15. The van der Waals surface area contributed by atoms with Crippen LogP contribution in [0.15, 0.2) is 70.6 Å². The lowest BCUT2D eigenvalue weighted by Gasteiger charge is -2.14. The highest BCUT2D eigenvalue weighted by molar-refractivity contribution is 7.99. The molecule has 1 heterocycles. The Kier molecular flexibility index (Phi) is 7.65. The predicted octanol–water partition coefficient (Wildman–Crippen LogP) is 7.08. The lowest BCUT2D eigenvalue weighted by atomic mass is 10.1. The van der Waals surface area contributed by atoms with Gasteiger partial charge < -0.3 is 5.32 Å². The van der Waals surface area contributed by atoms with E-state index in [1.54, 1.807) is 28.8 Å². The molecule has 8 heteroatoms. The summed E-state index contributed by atoms with van der Waals surface area (Å²) in [5.74, 6) is 0.734. The fraction of sp³-hybridized carbons (Fsp3) is 0.250. The molecule has 0 saturated carbocycles. The first-order valence-corrected chi connectivity index (χ1v) is 13.7. The molecule has 0 fully saturated rings. The van der Waals surface area contributed by atoms with Crippen LogP contribution in [0.3, 0.4) is 0 Å². The van der Waals surface area contributed by atoms with Gasteiger partial charge in [-0.05, 0) is 85.7 Å². The molecule has 184 valence electrons. The number of aryl methyl sites for hydroxylation is 2. The number of thioether (sulfide) groups is 1. The van der Waals surface area contributed by atoms with Crippen molar-refractivity contribution in [2.75, 3.05) is 11.1 Å². The molecule has 36 heavy (non-hydrogen) atoms. The highest BCUT2D eigenvalue weighted by Crippen LogP contribution is 2.27. The Morgan fingerprint density at radius 1 is 0.972 bits per heavy atom. The van der Waals surface area contributed by atoms with Crippen molar-refractivity contribution in [3.8, 4) is 5.69 Å². The zero-order valence-electron chi connectivity index (χ0n) is 19.6. The quantitative estimate of drug-likeness (QED) is 0.148. The molecule has 0 saturated heterocycles. The SMILES string of the molecule is O=C(CCCCSc1nc2ccccc2c(=O)n1-c1cc(Cl)cc(Cl)c1)Nc1ccc2c(c1)CCC2. The van der Waals surface area contributed by atoms with E-state index in [2.05, 4.69) is 17.4 Å². The Labute approximate surface area is 223 Å². The molecule has 4 aromatic rings. The maximum absolute atomic E-state index is 13.4. The van der Waals surface area contributed by atoms with E-state index in [-0.39, 0.29) is 11.5 Å². The van der Waals surface area contributed by atoms with Crippen molar-refractivity contribution >= 4 is 57.5 Å². The minimum absolute atomic E-state index is 0.0206. The van der Waals surface area contributed by atoms with Crippen molar-refractivity contribution in [3.63, 3.8) is 0 Å². The van der Waals surface area contributed by atoms with Gasteiger partial charge >= 0.3 is 0 Å². The number of rotatable bonds is 8. The molecule has 0 bridgehead atoms. The number of unbranched alkanes of at least 4 members (excludes halogenated alkanes) is 1. The maximum Gasteiger partial charge on any atom is 0.266 e. The van der Waals surface area contributed by atoms with Gasteiger partial charge in [0.15, 0.2) is 5.16 Å². The summed E-state index contributed by atoms with van der Waals surface area (Å²) in [4.78, 5) is 30.6. The smallest absolute Gasteiger partial charge is 0.266 e. The molecule has 1 N–H and O–H groups in total. The van der Waals surface area contributed by atoms with Gasteiger partial charge in [0.1, 0.15) is 0 Å². The van der Waals surface area contributed by atoms with E-state index in [9.17, 15) is 9.59 Å². The molecule has 0 spiro atoms. The maximum atomic E-state index is 13.4. The average Bonchev–Trinajstić information content (AvgIpc) is 3.31. The van der Waals surface area contributed by atoms with Crippen LogP contribution in [-0.4, -0.2) is 21.2 Å². The fourth-order valence-electron chi connectivity index (χ4n) is 4.53. The monoisotopic (exact) mass is 537 g/mol. The Hall–Kier alpha value is -2.80. The molecule has 0 radical (unpaired) electrons. The third-order valence-electron chi connectivity index (χ3n) is 6.26. The Balaban J connectivity index is 1.24. The third kappa shape index (κ3) is 5.61. The summed E-state index contributed by atoms with van der Waals surface area (Å²) in [6, 6.07) is 18.5. The Bertz CT molecular complexity index is 1480. The molecule has 0 atom stereocenters. The number of carbonyl (C=O) groups is 1. The van der Waals surface area contributed by atoms with E-state index in [0.717, 1.165) is 31.4 Å². The topological polar surface area (TPSA) is 64.0 Å². The van der Waals surface area contributed by atoms with Gasteiger partial charge in [0.2, 0.25) is 5.91 Å². The van der Waals surface area contributed by atoms with Gasteiger partial charge in [0, 0.05) is 27.9 Å². The first-order chi connectivity index (χ1) is 17.5. The minimum atomic E-state index is -0.171. The molecule has 0 aliphatic heterocycles. The van der Waals surface area contributed by atoms with Gasteiger partial charge in [-0.2, -0.15) is 0 Å². The molecule has 3 aromatic carbocycles. The number of hydrogen-bond donors (Lipinski definition) is 1. The Morgan fingerprint density at radius 2 is 1.75 bits per heavy atom. The third-order valence-corrected chi connectivity index (χ3v) is 7.72. The van der Waals surface area contributed by atoms with E-state index in [1.807, 2.05) is 24.3 Å². The van der Waals surface area contributed by atoms with Crippen LogP contribution in [0.1, 0.15) is 36.8 Å². The number of halogens is 2. The zero-order valence-corrected chi connectivity index (χ0v) is 21.9. The van der Waals surface area contributed by atoms with Gasteiger partial charge in [-0.1, -0.05) is 53.2 Å². The van der Waals surface area contributed by atoms with Gasteiger partial charge in [0.05, 0.1) is 16.6 Å². The van der Waals surface area contributed by atoms with Crippen molar-refractivity contribution in [1.29, 1.82) is 0 Å². The summed E-state index contributed by atoms with van der Waals surface area (Å²) in [6.07, 6.45) is 5.40. The van der Waals surface area contributed by atoms with Crippen LogP contribution in [0.5, 0.6) is 0 Å². The zero-order chi connectivity index (χ0) is 25.1. The second-order valence-electron chi connectivity index (χ2n) is 8.87. The number of hydrogen-bond acceptors (Lipinski definition) is 4. The molecular formula is C28H25Cl2N3O2S. The van der Waals surface area contributed by atoms with Crippen LogP contribution in [0.4, 0.5) is 5.69 Å². The standard InChI is InChI=1S/C28H25Cl2N3O2S/c29-20-15-21(30)17-23(16-20)33-27(35)24-8-1-2-9-25(24)32-28(33)36-13-4-3-10-26(34)31-22-12-11-18-6-5-7-19(18)14-22/h1-2,8-9,11-12,14-17H,3-7,10,13H2,(H,31,34). The summed E-state index contributed by atoms with van der Waals surface area (Å²) < 4.78 is 1.56. The van der Waals surface area contributed by atoms with E-state index in [4.69, 9.17) is 28.2 Å². The van der Waals surface area contributed by atoms with Crippen molar-refractivity contribution in [2.24, 2.45) is 0 Å². The second-order valence-corrected chi connectivity index (χ2v) is 10.8. The number of nitrogens with zero attached hydrogens (tertiary/aromatic N) is 2. The molecule has 1 aromatic heterocycles. The van der Waals surface area contributed by atoms with Crippen LogP contribution in [0.2, 0.25) is 10.0 Å². The first kappa shape index (κ1) is 24.9.